The second-order valence-electron chi connectivity index (χ2n) is 5.71. The summed E-state index contributed by atoms with van der Waals surface area (Å²) in [6.45, 7) is 0.496. The van der Waals surface area contributed by atoms with Crippen LogP contribution in [-0.2, 0) is 16.0 Å². The van der Waals surface area contributed by atoms with Crippen molar-refractivity contribution in [1.29, 1.82) is 0 Å². The van der Waals surface area contributed by atoms with Gasteiger partial charge in [0.15, 0.2) is 0 Å². The summed E-state index contributed by atoms with van der Waals surface area (Å²) in [4.78, 5) is 12.3. The minimum atomic E-state index is -0.322. The third kappa shape index (κ3) is 2.72. The predicted octanol–water partition coefficient (Wildman–Crippen LogP) is 1.69. The van der Waals surface area contributed by atoms with Crippen LogP contribution < -0.4 is 11.1 Å². The van der Waals surface area contributed by atoms with Crippen LogP contribution in [-0.4, -0.2) is 24.7 Å². The van der Waals surface area contributed by atoms with E-state index in [1.165, 1.54) is 11.1 Å². The van der Waals surface area contributed by atoms with Gasteiger partial charge in [-0.3, -0.25) is 4.79 Å². The van der Waals surface area contributed by atoms with Crippen LogP contribution in [0.5, 0.6) is 0 Å². The lowest BCUT2D eigenvalue weighted by Gasteiger charge is -2.27. The number of aryl methyl sites for hydroxylation is 1. The molecule has 1 aliphatic heterocycles. The molecule has 0 bridgehead atoms. The molecule has 0 saturated carbocycles. The molecule has 1 aromatic rings. The first kappa shape index (κ1) is 13.6. The van der Waals surface area contributed by atoms with Gasteiger partial charge in [-0.2, -0.15) is 0 Å². The number of carbonyl (C=O) groups excluding carboxylic acids is 1. The molecule has 1 aliphatic carbocycles. The molecule has 1 aromatic carbocycles. The van der Waals surface area contributed by atoms with Gasteiger partial charge in [-0.25, -0.2) is 0 Å². The molecule has 20 heavy (non-hydrogen) atoms. The molecule has 1 heterocycles. The van der Waals surface area contributed by atoms with Gasteiger partial charge < -0.3 is 15.8 Å². The maximum Gasteiger partial charge on any atom is 0.249 e. The van der Waals surface area contributed by atoms with Gasteiger partial charge in [-0.1, -0.05) is 24.3 Å². The van der Waals surface area contributed by atoms with Crippen molar-refractivity contribution in [3.8, 4) is 0 Å². The van der Waals surface area contributed by atoms with E-state index in [-0.39, 0.29) is 24.2 Å². The summed E-state index contributed by atoms with van der Waals surface area (Å²) in [6.07, 6.45) is 4.63. The Morgan fingerprint density at radius 1 is 1.30 bits per heavy atom. The molecule has 3 atom stereocenters. The van der Waals surface area contributed by atoms with Gasteiger partial charge in [0.1, 0.15) is 6.10 Å². The smallest absolute Gasteiger partial charge is 0.249 e. The Morgan fingerprint density at radius 2 is 2.15 bits per heavy atom. The molecule has 108 valence electrons. The summed E-state index contributed by atoms with van der Waals surface area (Å²) in [6, 6.07) is 8.52. The van der Waals surface area contributed by atoms with Crippen molar-refractivity contribution in [3.05, 3.63) is 35.4 Å². The van der Waals surface area contributed by atoms with Crippen LogP contribution in [0, 0.1) is 0 Å². The first-order valence-electron chi connectivity index (χ1n) is 7.51. The highest BCUT2D eigenvalue weighted by atomic mass is 16.5. The number of amides is 1. The number of hydrogen-bond donors (Lipinski definition) is 2. The Kier molecular flexibility index (Phi) is 4.03. The Balaban J connectivity index is 1.65. The number of rotatable bonds is 3. The van der Waals surface area contributed by atoms with Crippen LogP contribution in [0.2, 0.25) is 0 Å². The normalized spacial score (nSPS) is 28.9. The number of ether oxygens (including phenoxy) is 1. The Morgan fingerprint density at radius 3 is 2.95 bits per heavy atom. The summed E-state index contributed by atoms with van der Waals surface area (Å²) >= 11 is 0. The van der Waals surface area contributed by atoms with E-state index in [9.17, 15) is 4.79 Å². The van der Waals surface area contributed by atoms with E-state index < -0.39 is 0 Å². The zero-order valence-electron chi connectivity index (χ0n) is 11.7. The minimum Gasteiger partial charge on any atom is -0.364 e. The molecule has 1 amide bonds. The molecule has 0 spiro atoms. The molecular formula is C16H22N2O2. The van der Waals surface area contributed by atoms with Crippen molar-refractivity contribution < 1.29 is 9.53 Å². The van der Waals surface area contributed by atoms with E-state index in [1.54, 1.807) is 0 Å². The quantitative estimate of drug-likeness (QED) is 0.881. The number of carbonyl (C=O) groups is 1. The van der Waals surface area contributed by atoms with Crippen LogP contribution in [0.25, 0.3) is 0 Å². The average Bonchev–Trinajstić information content (AvgIpc) is 2.97. The van der Waals surface area contributed by atoms with Crippen molar-refractivity contribution in [1.82, 2.24) is 5.32 Å². The molecule has 3 rings (SSSR count). The molecule has 3 unspecified atom stereocenters. The fraction of sp³-hybridized carbons (Fsp3) is 0.562. The van der Waals surface area contributed by atoms with E-state index in [2.05, 4.69) is 23.5 Å². The third-order valence-electron chi connectivity index (χ3n) is 4.35. The van der Waals surface area contributed by atoms with Gasteiger partial charge in [0, 0.05) is 6.54 Å². The summed E-state index contributed by atoms with van der Waals surface area (Å²) in [5.41, 5.74) is 8.21. The van der Waals surface area contributed by atoms with Crippen LogP contribution in [0.1, 0.15) is 42.9 Å². The summed E-state index contributed by atoms with van der Waals surface area (Å²) < 4.78 is 5.66. The molecule has 3 N–H and O–H groups in total. The zero-order chi connectivity index (χ0) is 13.9. The van der Waals surface area contributed by atoms with Crippen molar-refractivity contribution >= 4 is 5.91 Å². The van der Waals surface area contributed by atoms with Crippen molar-refractivity contribution in [2.24, 2.45) is 5.73 Å². The highest BCUT2D eigenvalue weighted by Gasteiger charge is 2.32. The first-order valence-corrected chi connectivity index (χ1v) is 7.51. The van der Waals surface area contributed by atoms with Crippen molar-refractivity contribution in [2.75, 3.05) is 6.54 Å². The average molecular weight is 274 g/mol. The molecular weight excluding hydrogens is 252 g/mol. The van der Waals surface area contributed by atoms with Crippen LogP contribution >= 0.6 is 0 Å². The van der Waals surface area contributed by atoms with Gasteiger partial charge in [0.2, 0.25) is 5.91 Å². The maximum atomic E-state index is 12.3. The highest BCUT2D eigenvalue weighted by Crippen LogP contribution is 2.30. The number of fused-ring (bicyclic) bond motifs is 1. The van der Waals surface area contributed by atoms with Gasteiger partial charge in [0.05, 0.1) is 12.1 Å². The van der Waals surface area contributed by atoms with Crippen LogP contribution in [0.4, 0.5) is 0 Å². The standard InChI is InChI=1S/C16H22N2O2/c17-10-12-8-9-15(20-12)16(19)18-14-7-3-5-11-4-1-2-6-13(11)14/h1-2,4,6,12,14-15H,3,5,7-10,17H2,(H,18,19). The fourth-order valence-electron chi connectivity index (χ4n) is 3.24. The summed E-state index contributed by atoms with van der Waals surface area (Å²) in [5.74, 6) is 0.0163. The lowest BCUT2D eigenvalue weighted by Crippen LogP contribution is -2.38. The Hall–Kier alpha value is -1.39. The number of hydrogen-bond acceptors (Lipinski definition) is 3. The van der Waals surface area contributed by atoms with E-state index in [0.29, 0.717) is 6.54 Å². The molecule has 2 aliphatic rings. The van der Waals surface area contributed by atoms with E-state index in [0.717, 1.165) is 32.1 Å². The number of nitrogens with one attached hydrogen (secondary N) is 1. The fourth-order valence-corrected chi connectivity index (χ4v) is 3.24. The van der Waals surface area contributed by atoms with Gasteiger partial charge in [0.25, 0.3) is 0 Å². The largest absolute Gasteiger partial charge is 0.364 e. The molecule has 4 heteroatoms. The van der Waals surface area contributed by atoms with Gasteiger partial charge in [-0.05, 0) is 43.2 Å². The summed E-state index contributed by atoms with van der Waals surface area (Å²) in [5, 5.41) is 3.16. The lowest BCUT2D eigenvalue weighted by atomic mass is 9.87. The Bertz CT molecular complexity index is 489. The monoisotopic (exact) mass is 274 g/mol. The molecule has 0 radical (unpaired) electrons. The molecule has 1 saturated heterocycles. The second-order valence-corrected chi connectivity index (χ2v) is 5.71. The minimum absolute atomic E-state index is 0.0163. The van der Waals surface area contributed by atoms with Crippen LogP contribution in [0.15, 0.2) is 24.3 Å². The molecule has 1 fully saturated rings. The van der Waals surface area contributed by atoms with E-state index in [1.807, 2.05) is 6.07 Å². The van der Waals surface area contributed by atoms with Gasteiger partial charge in [-0.15, -0.1) is 0 Å². The second kappa shape index (κ2) is 5.94. The van der Waals surface area contributed by atoms with Gasteiger partial charge >= 0.3 is 0 Å². The van der Waals surface area contributed by atoms with E-state index in [4.69, 9.17) is 10.5 Å². The highest BCUT2D eigenvalue weighted by molar-refractivity contribution is 5.81. The predicted molar refractivity (Wildman–Crippen MR) is 77.2 cm³/mol. The van der Waals surface area contributed by atoms with Crippen molar-refractivity contribution in [3.63, 3.8) is 0 Å². The Labute approximate surface area is 119 Å². The van der Waals surface area contributed by atoms with E-state index >= 15 is 0 Å². The van der Waals surface area contributed by atoms with Crippen molar-refractivity contribution in [2.45, 2.75) is 50.4 Å². The molecule has 4 nitrogen and oxygen atoms in total. The topological polar surface area (TPSA) is 64.4 Å². The maximum absolute atomic E-state index is 12.3. The lowest BCUT2D eigenvalue weighted by molar-refractivity contribution is -0.132. The van der Waals surface area contributed by atoms with Crippen LogP contribution in [0.3, 0.4) is 0 Å². The summed E-state index contributed by atoms with van der Waals surface area (Å²) in [7, 11) is 0. The molecule has 0 aromatic heterocycles. The third-order valence-corrected chi connectivity index (χ3v) is 4.35. The first-order chi connectivity index (χ1) is 9.78. The number of nitrogens with two attached hydrogens (primary N) is 1. The number of benzene rings is 1. The SMILES string of the molecule is NCC1CCC(C(=O)NC2CCCc3ccccc32)O1. The zero-order valence-corrected chi connectivity index (χ0v) is 11.7.